The second-order valence-electron chi connectivity index (χ2n) is 6.37. The van der Waals surface area contributed by atoms with E-state index in [-0.39, 0.29) is 33.0 Å². The molecule has 0 spiro atoms. The molecule has 1 aromatic heterocycles. The maximum absolute atomic E-state index is 12.7. The van der Waals surface area contributed by atoms with Crippen LogP contribution in [0.15, 0.2) is 58.5 Å². The Morgan fingerprint density at radius 3 is 2.50 bits per heavy atom. The first-order chi connectivity index (χ1) is 14.3. The number of aromatic carboxylic acids is 1. The first kappa shape index (κ1) is 19.3. The number of hydrogen-bond acceptors (Lipinski definition) is 6. The van der Waals surface area contributed by atoms with Gasteiger partial charge in [-0.05, 0) is 42.5 Å². The highest BCUT2D eigenvalue weighted by atomic mass is 35.5. The number of benzene rings is 2. The van der Waals surface area contributed by atoms with E-state index in [1.807, 2.05) is 0 Å². The van der Waals surface area contributed by atoms with Crippen molar-refractivity contribution in [3.05, 3.63) is 91.7 Å². The zero-order valence-corrected chi connectivity index (χ0v) is 15.7. The second-order valence-corrected chi connectivity index (χ2v) is 6.78. The molecule has 0 fully saturated rings. The third-order valence-corrected chi connectivity index (χ3v) is 4.91. The Kier molecular flexibility index (Phi) is 4.56. The van der Waals surface area contributed by atoms with Crippen LogP contribution in [-0.4, -0.2) is 27.6 Å². The third kappa shape index (κ3) is 3.09. The standard InChI is InChI=1S/C21H10ClNO7/c22-15-8-10(21(26)27)4-6-12(15)17-7-5-11(30-17)9-14-19(24)13-2-1-3-16(23(28)29)18(13)20(14)25/h1-9H,(H,26,27)/b14-9+. The van der Waals surface area contributed by atoms with Gasteiger partial charge in [-0.15, -0.1) is 0 Å². The van der Waals surface area contributed by atoms with Crippen LogP contribution < -0.4 is 0 Å². The number of nitro groups is 1. The lowest BCUT2D eigenvalue weighted by Gasteiger charge is -2.02. The Bertz CT molecular complexity index is 1300. The van der Waals surface area contributed by atoms with E-state index in [1.165, 1.54) is 48.5 Å². The number of carboxylic acid groups (broad SMARTS) is 1. The van der Waals surface area contributed by atoms with Gasteiger partial charge >= 0.3 is 5.97 Å². The lowest BCUT2D eigenvalue weighted by Crippen LogP contribution is -2.01. The van der Waals surface area contributed by atoms with Gasteiger partial charge in [0.25, 0.3) is 5.69 Å². The molecule has 8 nitrogen and oxygen atoms in total. The van der Waals surface area contributed by atoms with E-state index in [0.29, 0.717) is 11.3 Å². The van der Waals surface area contributed by atoms with Crippen LogP contribution in [0.2, 0.25) is 5.02 Å². The van der Waals surface area contributed by atoms with Crippen molar-refractivity contribution in [3.63, 3.8) is 0 Å². The Morgan fingerprint density at radius 2 is 1.83 bits per heavy atom. The van der Waals surface area contributed by atoms with E-state index in [2.05, 4.69) is 0 Å². The van der Waals surface area contributed by atoms with Crippen molar-refractivity contribution in [1.82, 2.24) is 0 Å². The Morgan fingerprint density at radius 1 is 1.07 bits per heavy atom. The maximum Gasteiger partial charge on any atom is 0.335 e. The van der Waals surface area contributed by atoms with Crippen LogP contribution in [-0.2, 0) is 0 Å². The molecule has 0 saturated heterocycles. The van der Waals surface area contributed by atoms with E-state index in [9.17, 15) is 24.5 Å². The molecule has 1 heterocycles. The number of ketones is 2. The van der Waals surface area contributed by atoms with Crippen LogP contribution in [0.25, 0.3) is 17.4 Å². The van der Waals surface area contributed by atoms with Crippen LogP contribution in [0.1, 0.15) is 36.8 Å². The summed E-state index contributed by atoms with van der Waals surface area (Å²) in [7, 11) is 0. The summed E-state index contributed by atoms with van der Waals surface area (Å²) >= 11 is 6.13. The average Bonchev–Trinajstić information content (AvgIpc) is 3.27. The molecule has 30 heavy (non-hydrogen) atoms. The maximum atomic E-state index is 12.7. The fraction of sp³-hybridized carbons (Fsp3) is 0. The number of halogens is 1. The van der Waals surface area contributed by atoms with Gasteiger partial charge in [-0.3, -0.25) is 19.7 Å². The summed E-state index contributed by atoms with van der Waals surface area (Å²) in [6.07, 6.45) is 1.22. The van der Waals surface area contributed by atoms with Crippen LogP contribution in [0, 0.1) is 10.1 Å². The Hall–Kier alpha value is -4.04. The summed E-state index contributed by atoms with van der Waals surface area (Å²) in [5, 5.41) is 20.4. The molecular weight excluding hydrogens is 414 g/mol. The van der Waals surface area contributed by atoms with Gasteiger partial charge in [-0.25, -0.2) is 4.79 Å². The van der Waals surface area contributed by atoms with Gasteiger partial charge in [-0.2, -0.15) is 0 Å². The van der Waals surface area contributed by atoms with Gasteiger partial charge in [0, 0.05) is 17.2 Å². The molecule has 0 radical (unpaired) electrons. The number of allylic oxidation sites excluding steroid dienone is 1. The number of carboxylic acids is 1. The van der Waals surface area contributed by atoms with Crippen molar-refractivity contribution in [2.24, 2.45) is 0 Å². The van der Waals surface area contributed by atoms with Gasteiger partial charge in [0.2, 0.25) is 5.78 Å². The number of carbonyl (C=O) groups excluding carboxylic acids is 2. The summed E-state index contributed by atoms with van der Waals surface area (Å²) in [4.78, 5) is 46.8. The Labute approximate surface area is 173 Å². The van der Waals surface area contributed by atoms with Crippen LogP contribution >= 0.6 is 11.6 Å². The van der Waals surface area contributed by atoms with E-state index in [0.717, 1.165) is 0 Å². The summed E-state index contributed by atoms with van der Waals surface area (Å²) in [6, 6.07) is 11.0. The largest absolute Gasteiger partial charge is 0.478 e. The molecule has 148 valence electrons. The molecule has 4 rings (SSSR count). The lowest BCUT2D eigenvalue weighted by atomic mass is 10.1. The van der Waals surface area contributed by atoms with Gasteiger partial charge < -0.3 is 9.52 Å². The third-order valence-electron chi connectivity index (χ3n) is 4.59. The molecule has 9 heteroatoms. The fourth-order valence-electron chi connectivity index (χ4n) is 3.20. The molecule has 0 atom stereocenters. The van der Waals surface area contributed by atoms with Crippen molar-refractivity contribution in [2.75, 3.05) is 0 Å². The lowest BCUT2D eigenvalue weighted by molar-refractivity contribution is -0.385. The first-order valence-electron chi connectivity index (χ1n) is 8.49. The van der Waals surface area contributed by atoms with E-state index in [4.69, 9.17) is 21.1 Å². The highest BCUT2D eigenvalue weighted by molar-refractivity contribution is 6.42. The van der Waals surface area contributed by atoms with Gasteiger partial charge in [0.1, 0.15) is 17.1 Å². The quantitative estimate of drug-likeness (QED) is 0.279. The summed E-state index contributed by atoms with van der Waals surface area (Å²) < 4.78 is 5.64. The number of nitrogens with zero attached hydrogens (tertiary/aromatic N) is 1. The molecule has 1 aliphatic rings. The molecule has 0 aliphatic heterocycles. The number of carbonyl (C=O) groups is 3. The summed E-state index contributed by atoms with van der Waals surface area (Å²) in [6.45, 7) is 0. The molecule has 1 N–H and O–H groups in total. The minimum absolute atomic E-state index is 0.0131. The molecule has 3 aromatic rings. The van der Waals surface area contributed by atoms with Gasteiger partial charge in [0.15, 0.2) is 5.78 Å². The fourth-order valence-corrected chi connectivity index (χ4v) is 3.47. The Balaban J connectivity index is 1.71. The highest BCUT2D eigenvalue weighted by Crippen LogP contribution is 2.35. The summed E-state index contributed by atoms with van der Waals surface area (Å²) in [5.41, 5.74) is -0.502. The number of fused-ring (bicyclic) bond motifs is 1. The SMILES string of the molecule is O=C(O)c1ccc(-c2ccc(/C=C3\C(=O)c4cccc([N+](=O)[O-])c4C3=O)o2)c(Cl)c1. The van der Waals surface area contributed by atoms with Crippen molar-refractivity contribution in [1.29, 1.82) is 0 Å². The van der Waals surface area contributed by atoms with Crippen LogP contribution in [0.5, 0.6) is 0 Å². The van der Waals surface area contributed by atoms with Crippen molar-refractivity contribution in [3.8, 4) is 11.3 Å². The molecule has 0 amide bonds. The van der Waals surface area contributed by atoms with Crippen molar-refractivity contribution in [2.45, 2.75) is 0 Å². The number of hydrogen-bond donors (Lipinski definition) is 1. The van der Waals surface area contributed by atoms with E-state index >= 15 is 0 Å². The zero-order valence-electron chi connectivity index (χ0n) is 14.9. The van der Waals surface area contributed by atoms with E-state index < -0.39 is 28.1 Å². The van der Waals surface area contributed by atoms with Gasteiger partial charge in [-0.1, -0.05) is 17.7 Å². The molecular formula is C21H10ClNO7. The molecule has 0 bridgehead atoms. The number of nitro benzene ring substituents is 1. The van der Waals surface area contributed by atoms with Crippen molar-refractivity contribution < 1.29 is 28.8 Å². The predicted octanol–water partition coefficient (Wildman–Crippen LogP) is 4.67. The number of Topliss-reactive ketones (excluding diaryl/α,β-unsaturated/α-hetero) is 2. The molecule has 1 aliphatic carbocycles. The highest BCUT2D eigenvalue weighted by Gasteiger charge is 2.39. The number of rotatable bonds is 4. The van der Waals surface area contributed by atoms with Crippen molar-refractivity contribution >= 4 is 40.9 Å². The molecule has 0 saturated carbocycles. The molecule has 2 aromatic carbocycles. The topological polar surface area (TPSA) is 128 Å². The average molecular weight is 424 g/mol. The smallest absolute Gasteiger partial charge is 0.335 e. The second kappa shape index (κ2) is 7.09. The van der Waals surface area contributed by atoms with Crippen LogP contribution in [0.4, 0.5) is 5.69 Å². The molecule has 0 unspecified atom stereocenters. The summed E-state index contributed by atoms with van der Waals surface area (Å²) in [5.74, 6) is -2.04. The van der Waals surface area contributed by atoms with E-state index in [1.54, 1.807) is 6.07 Å². The van der Waals surface area contributed by atoms with Gasteiger partial charge in [0.05, 0.1) is 21.1 Å². The zero-order chi connectivity index (χ0) is 21.6. The monoisotopic (exact) mass is 423 g/mol. The first-order valence-corrected chi connectivity index (χ1v) is 8.87. The number of furan rings is 1. The normalized spacial score (nSPS) is 14.2. The minimum Gasteiger partial charge on any atom is -0.478 e. The predicted molar refractivity (Wildman–Crippen MR) is 106 cm³/mol. The minimum atomic E-state index is -1.12. The van der Waals surface area contributed by atoms with Crippen LogP contribution in [0.3, 0.4) is 0 Å².